The Morgan fingerprint density at radius 1 is 1.38 bits per heavy atom. The number of ether oxygens (including phenoxy) is 1. The van der Waals surface area contributed by atoms with Crippen LogP contribution in [0, 0.1) is 5.92 Å². The van der Waals surface area contributed by atoms with E-state index in [2.05, 4.69) is 10.5 Å². The lowest BCUT2D eigenvalue weighted by Crippen LogP contribution is -2.48. The Hall–Kier alpha value is -2.24. The molecule has 1 saturated carbocycles. The maximum absolute atomic E-state index is 12.6. The summed E-state index contributed by atoms with van der Waals surface area (Å²) in [6, 6.07) is 7.20. The fraction of sp³-hybridized carbons (Fsp3) is 0.467. The zero-order valence-electron chi connectivity index (χ0n) is 11.7. The summed E-state index contributed by atoms with van der Waals surface area (Å²) in [7, 11) is 0. The summed E-state index contributed by atoms with van der Waals surface area (Å²) >= 11 is 0. The van der Waals surface area contributed by atoms with Crippen LogP contribution < -0.4 is 15.8 Å². The summed E-state index contributed by atoms with van der Waals surface area (Å²) in [5.74, 6) is 0.777. The van der Waals surface area contributed by atoms with Crippen LogP contribution >= 0.6 is 0 Å². The van der Waals surface area contributed by atoms with Gasteiger partial charge in [-0.25, -0.2) is 0 Å². The number of oxime groups is 1. The van der Waals surface area contributed by atoms with Crippen LogP contribution in [0.2, 0.25) is 0 Å². The van der Waals surface area contributed by atoms with Crippen molar-refractivity contribution in [2.75, 3.05) is 6.61 Å². The van der Waals surface area contributed by atoms with Crippen molar-refractivity contribution < 1.29 is 14.7 Å². The molecule has 1 aromatic rings. The van der Waals surface area contributed by atoms with Gasteiger partial charge in [0.1, 0.15) is 5.75 Å². The number of carbonyl (C=O) groups is 1. The Labute approximate surface area is 123 Å². The number of carbonyl (C=O) groups excluding carboxylic acids is 1. The second-order valence-electron chi connectivity index (χ2n) is 5.58. The summed E-state index contributed by atoms with van der Waals surface area (Å²) < 4.78 is 5.57. The molecule has 1 aliphatic heterocycles. The third-order valence-electron chi connectivity index (χ3n) is 4.10. The van der Waals surface area contributed by atoms with Gasteiger partial charge in [-0.15, -0.1) is 0 Å². The van der Waals surface area contributed by atoms with E-state index in [-0.39, 0.29) is 29.6 Å². The predicted octanol–water partition coefficient (Wildman–Crippen LogP) is 1.19. The molecule has 1 heterocycles. The zero-order valence-corrected chi connectivity index (χ0v) is 11.7. The topological polar surface area (TPSA) is 96.9 Å². The van der Waals surface area contributed by atoms with Crippen molar-refractivity contribution in [3.63, 3.8) is 0 Å². The molecule has 0 spiro atoms. The Morgan fingerprint density at radius 2 is 2.14 bits per heavy atom. The molecule has 0 radical (unpaired) electrons. The first kappa shape index (κ1) is 13.7. The maximum Gasteiger partial charge on any atom is 0.228 e. The number of nitrogens with one attached hydrogen (secondary N) is 1. The molecule has 0 aromatic heterocycles. The van der Waals surface area contributed by atoms with E-state index in [1.165, 1.54) is 0 Å². The van der Waals surface area contributed by atoms with E-state index < -0.39 is 0 Å². The van der Waals surface area contributed by atoms with Crippen LogP contribution in [0.15, 0.2) is 29.4 Å². The molecule has 2 unspecified atom stereocenters. The van der Waals surface area contributed by atoms with Crippen LogP contribution in [0.5, 0.6) is 5.75 Å². The highest BCUT2D eigenvalue weighted by Crippen LogP contribution is 2.36. The molecule has 0 bridgehead atoms. The van der Waals surface area contributed by atoms with E-state index in [0.29, 0.717) is 13.0 Å². The normalized spacial score (nSPS) is 22.9. The number of rotatable bonds is 4. The number of nitrogens with two attached hydrogens (primary N) is 1. The van der Waals surface area contributed by atoms with E-state index in [1.54, 1.807) is 0 Å². The highest BCUT2D eigenvalue weighted by Gasteiger charge is 2.37. The number of hydrogen-bond donors (Lipinski definition) is 3. The molecule has 1 fully saturated rings. The zero-order chi connectivity index (χ0) is 14.8. The largest absolute Gasteiger partial charge is 0.493 e. The Balaban J connectivity index is 1.77. The van der Waals surface area contributed by atoms with Crippen LogP contribution in [-0.2, 0) is 4.79 Å². The molecule has 1 aliphatic carbocycles. The second kappa shape index (κ2) is 5.63. The second-order valence-corrected chi connectivity index (χ2v) is 5.58. The molecule has 6 nitrogen and oxygen atoms in total. The van der Waals surface area contributed by atoms with E-state index in [9.17, 15) is 4.79 Å². The van der Waals surface area contributed by atoms with Crippen molar-refractivity contribution in [3.05, 3.63) is 29.8 Å². The van der Waals surface area contributed by atoms with Gasteiger partial charge in [-0.1, -0.05) is 23.4 Å². The van der Waals surface area contributed by atoms with Gasteiger partial charge in [-0.2, -0.15) is 0 Å². The standard InChI is InChI=1S/C15H19N3O3/c16-14(18-20)13(9-5-6-9)17-15(19)11-7-8-21-12-4-2-1-3-10(11)12/h1-4,9,11,13,20H,5-8H2,(H2,16,18)(H,17,19). The van der Waals surface area contributed by atoms with Gasteiger partial charge in [0.25, 0.3) is 0 Å². The molecule has 6 heteroatoms. The van der Waals surface area contributed by atoms with Gasteiger partial charge in [-0.3, -0.25) is 4.79 Å². The molecule has 4 N–H and O–H groups in total. The summed E-state index contributed by atoms with van der Waals surface area (Å²) in [5, 5.41) is 14.8. The van der Waals surface area contributed by atoms with Crippen molar-refractivity contribution in [2.24, 2.45) is 16.8 Å². The average Bonchev–Trinajstić information content (AvgIpc) is 3.35. The maximum atomic E-state index is 12.6. The van der Waals surface area contributed by atoms with Gasteiger partial charge in [0.05, 0.1) is 18.6 Å². The fourth-order valence-corrected chi connectivity index (χ4v) is 2.79. The van der Waals surface area contributed by atoms with Gasteiger partial charge in [0.2, 0.25) is 5.91 Å². The Bertz CT molecular complexity index is 569. The van der Waals surface area contributed by atoms with Gasteiger partial charge in [0, 0.05) is 5.56 Å². The van der Waals surface area contributed by atoms with Gasteiger partial charge in [0.15, 0.2) is 5.84 Å². The highest BCUT2D eigenvalue weighted by atomic mass is 16.5. The number of amides is 1. The van der Waals surface area contributed by atoms with Crippen LogP contribution in [0.4, 0.5) is 0 Å². The Kier molecular flexibility index (Phi) is 3.68. The molecule has 2 atom stereocenters. The molecule has 0 saturated heterocycles. The molecule has 21 heavy (non-hydrogen) atoms. The van der Waals surface area contributed by atoms with Crippen LogP contribution in [-0.4, -0.2) is 29.6 Å². The van der Waals surface area contributed by atoms with Gasteiger partial charge in [-0.05, 0) is 31.2 Å². The van der Waals surface area contributed by atoms with E-state index >= 15 is 0 Å². The molecule has 3 rings (SSSR count). The van der Waals surface area contributed by atoms with Crippen molar-refractivity contribution in [2.45, 2.75) is 31.2 Å². The number of hydrogen-bond acceptors (Lipinski definition) is 4. The molecule has 2 aliphatic rings. The minimum atomic E-state index is -0.377. The first-order valence-corrected chi connectivity index (χ1v) is 7.20. The smallest absolute Gasteiger partial charge is 0.228 e. The minimum absolute atomic E-state index is 0.0752. The van der Waals surface area contributed by atoms with Crippen LogP contribution in [0.25, 0.3) is 0 Å². The van der Waals surface area contributed by atoms with Crippen molar-refractivity contribution in [1.82, 2.24) is 5.32 Å². The van der Waals surface area contributed by atoms with E-state index in [0.717, 1.165) is 24.2 Å². The lowest BCUT2D eigenvalue weighted by atomic mass is 9.92. The van der Waals surface area contributed by atoms with Crippen molar-refractivity contribution in [1.29, 1.82) is 0 Å². The van der Waals surface area contributed by atoms with Crippen LogP contribution in [0.1, 0.15) is 30.7 Å². The molecule has 1 aromatic carbocycles. The first-order valence-electron chi connectivity index (χ1n) is 7.20. The molecule has 1 amide bonds. The number of fused-ring (bicyclic) bond motifs is 1. The van der Waals surface area contributed by atoms with E-state index in [4.69, 9.17) is 15.7 Å². The fourth-order valence-electron chi connectivity index (χ4n) is 2.79. The number of amidine groups is 1. The van der Waals surface area contributed by atoms with Crippen molar-refractivity contribution >= 4 is 11.7 Å². The average molecular weight is 289 g/mol. The number of para-hydroxylation sites is 1. The molecular formula is C15H19N3O3. The minimum Gasteiger partial charge on any atom is -0.493 e. The summed E-state index contributed by atoms with van der Waals surface area (Å²) in [6.07, 6.45) is 2.62. The van der Waals surface area contributed by atoms with E-state index in [1.807, 2.05) is 24.3 Å². The predicted molar refractivity (Wildman–Crippen MR) is 77.4 cm³/mol. The molecular weight excluding hydrogens is 270 g/mol. The van der Waals surface area contributed by atoms with Gasteiger partial charge >= 0.3 is 0 Å². The molecule has 112 valence electrons. The summed E-state index contributed by atoms with van der Waals surface area (Å²) in [5.41, 5.74) is 6.59. The lowest BCUT2D eigenvalue weighted by molar-refractivity contribution is -0.123. The third-order valence-corrected chi connectivity index (χ3v) is 4.10. The first-order chi connectivity index (χ1) is 10.2. The number of benzene rings is 1. The van der Waals surface area contributed by atoms with Crippen LogP contribution in [0.3, 0.4) is 0 Å². The van der Waals surface area contributed by atoms with Crippen molar-refractivity contribution in [3.8, 4) is 5.75 Å². The number of nitrogens with zero attached hydrogens (tertiary/aromatic N) is 1. The quantitative estimate of drug-likeness (QED) is 0.336. The summed E-state index contributed by atoms with van der Waals surface area (Å²) in [4.78, 5) is 12.6. The Morgan fingerprint density at radius 3 is 2.86 bits per heavy atom. The monoisotopic (exact) mass is 289 g/mol. The SMILES string of the molecule is NC(=NO)C(NC(=O)C1CCOc2ccccc21)C1CC1. The highest BCUT2D eigenvalue weighted by molar-refractivity contribution is 5.93. The third kappa shape index (κ3) is 2.79. The lowest BCUT2D eigenvalue weighted by Gasteiger charge is -2.27. The summed E-state index contributed by atoms with van der Waals surface area (Å²) in [6.45, 7) is 0.521. The van der Waals surface area contributed by atoms with Gasteiger partial charge < -0.3 is 21.0 Å².